The van der Waals surface area contributed by atoms with E-state index in [1.165, 1.54) is 11.3 Å². The largest absolute Gasteiger partial charge is 0.378 e. The first-order valence-electron chi connectivity index (χ1n) is 9.74. The molecule has 1 N–H and O–H groups in total. The number of nitrogens with one attached hydrogen (secondary N) is 1. The quantitative estimate of drug-likeness (QED) is 0.903. The van der Waals surface area contributed by atoms with Crippen LogP contribution in [0.2, 0.25) is 0 Å². The first kappa shape index (κ1) is 17.9. The van der Waals surface area contributed by atoms with Gasteiger partial charge in [0.15, 0.2) is 0 Å². The second-order valence-electron chi connectivity index (χ2n) is 7.40. The number of rotatable bonds is 4. The van der Waals surface area contributed by atoms with Crippen molar-refractivity contribution in [1.82, 2.24) is 0 Å². The molecule has 142 valence electrons. The third-order valence-corrected chi connectivity index (χ3v) is 5.44. The van der Waals surface area contributed by atoms with Crippen molar-refractivity contribution in [3.05, 3.63) is 54.1 Å². The van der Waals surface area contributed by atoms with Gasteiger partial charge in [0.25, 0.3) is 0 Å². The van der Waals surface area contributed by atoms with Crippen LogP contribution in [0.15, 0.2) is 48.5 Å². The van der Waals surface area contributed by atoms with Crippen LogP contribution in [0.1, 0.15) is 19.4 Å². The molecule has 0 unspecified atom stereocenters. The van der Waals surface area contributed by atoms with Gasteiger partial charge in [0.1, 0.15) is 6.04 Å². The fourth-order valence-electron chi connectivity index (χ4n) is 4.01. The van der Waals surface area contributed by atoms with Gasteiger partial charge in [0, 0.05) is 36.2 Å². The number of amides is 1. The number of hydrogen-bond acceptors (Lipinski definition) is 4. The highest BCUT2D eigenvalue weighted by molar-refractivity contribution is 6.00. The minimum atomic E-state index is -0.284. The highest BCUT2D eigenvalue weighted by Gasteiger charge is 2.32. The van der Waals surface area contributed by atoms with E-state index in [-0.39, 0.29) is 18.0 Å². The van der Waals surface area contributed by atoms with Crippen LogP contribution >= 0.6 is 0 Å². The molecular formula is C22H27N3O2. The molecule has 1 amide bonds. The SMILES string of the molecule is C[C@H](Nc1ccc(N2CCOCC2)cc1)C(=O)N1c2ccccc2C[C@@H]1C. The molecule has 2 aromatic rings. The number of carbonyl (C=O) groups is 1. The van der Waals surface area contributed by atoms with Gasteiger partial charge in [-0.15, -0.1) is 0 Å². The Balaban J connectivity index is 1.43. The van der Waals surface area contributed by atoms with E-state index in [0.717, 1.165) is 44.1 Å². The monoisotopic (exact) mass is 365 g/mol. The molecule has 27 heavy (non-hydrogen) atoms. The Labute approximate surface area is 160 Å². The van der Waals surface area contributed by atoms with Gasteiger partial charge in [0.05, 0.1) is 13.2 Å². The molecule has 5 heteroatoms. The van der Waals surface area contributed by atoms with Crippen LogP contribution < -0.4 is 15.1 Å². The number of morpholine rings is 1. The zero-order valence-electron chi connectivity index (χ0n) is 16.0. The molecular weight excluding hydrogens is 338 g/mol. The van der Waals surface area contributed by atoms with Crippen molar-refractivity contribution in [3.8, 4) is 0 Å². The second kappa shape index (κ2) is 7.61. The maximum absolute atomic E-state index is 13.1. The zero-order valence-corrected chi connectivity index (χ0v) is 16.0. The lowest BCUT2D eigenvalue weighted by molar-refractivity contribution is -0.119. The lowest BCUT2D eigenvalue weighted by Gasteiger charge is -2.29. The number of ether oxygens (including phenoxy) is 1. The van der Waals surface area contributed by atoms with Crippen LogP contribution in [-0.4, -0.2) is 44.3 Å². The summed E-state index contributed by atoms with van der Waals surface area (Å²) in [5.41, 5.74) is 4.46. The third kappa shape index (κ3) is 3.65. The van der Waals surface area contributed by atoms with Crippen LogP contribution in [0.3, 0.4) is 0 Å². The predicted octanol–water partition coefficient (Wildman–Crippen LogP) is 3.30. The number of benzene rings is 2. The average molecular weight is 365 g/mol. The van der Waals surface area contributed by atoms with E-state index < -0.39 is 0 Å². The molecule has 5 nitrogen and oxygen atoms in total. The minimum absolute atomic E-state index is 0.115. The first-order valence-corrected chi connectivity index (χ1v) is 9.74. The lowest BCUT2D eigenvalue weighted by Crippen LogP contribution is -2.44. The first-order chi connectivity index (χ1) is 13.1. The Hall–Kier alpha value is -2.53. The maximum Gasteiger partial charge on any atom is 0.249 e. The van der Waals surface area contributed by atoms with E-state index in [4.69, 9.17) is 4.74 Å². The summed E-state index contributed by atoms with van der Waals surface area (Å²) in [6, 6.07) is 16.4. The maximum atomic E-state index is 13.1. The molecule has 1 fully saturated rings. The zero-order chi connectivity index (χ0) is 18.8. The van der Waals surface area contributed by atoms with Crippen molar-refractivity contribution in [2.75, 3.05) is 41.4 Å². The molecule has 2 atom stereocenters. The van der Waals surface area contributed by atoms with Crippen LogP contribution in [0.4, 0.5) is 17.1 Å². The van der Waals surface area contributed by atoms with E-state index in [0.29, 0.717) is 0 Å². The summed E-state index contributed by atoms with van der Waals surface area (Å²) in [5.74, 6) is 0.115. The third-order valence-electron chi connectivity index (χ3n) is 5.44. The van der Waals surface area contributed by atoms with E-state index in [2.05, 4.69) is 47.5 Å². The van der Waals surface area contributed by atoms with Gasteiger partial charge in [-0.05, 0) is 56.2 Å². The number of para-hydroxylation sites is 1. The molecule has 0 saturated carbocycles. The molecule has 1 saturated heterocycles. The van der Waals surface area contributed by atoms with Gasteiger partial charge in [-0.1, -0.05) is 18.2 Å². The van der Waals surface area contributed by atoms with Gasteiger partial charge in [-0.3, -0.25) is 4.79 Å². The lowest BCUT2D eigenvalue weighted by atomic mass is 10.1. The summed E-state index contributed by atoms with van der Waals surface area (Å²) in [7, 11) is 0. The van der Waals surface area contributed by atoms with Crippen LogP contribution in [0.5, 0.6) is 0 Å². The number of anilines is 3. The number of carbonyl (C=O) groups excluding carboxylic acids is 1. The summed E-state index contributed by atoms with van der Waals surface area (Å²) in [4.78, 5) is 17.3. The fourth-order valence-corrected chi connectivity index (χ4v) is 4.01. The topological polar surface area (TPSA) is 44.8 Å². The van der Waals surface area contributed by atoms with Crippen LogP contribution in [0, 0.1) is 0 Å². The van der Waals surface area contributed by atoms with Crippen LogP contribution in [0.25, 0.3) is 0 Å². The Bertz CT molecular complexity index is 799. The van der Waals surface area contributed by atoms with Crippen molar-refractivity contribution in [1.29, 1.82) is 0 Å². The molecule has 0 aliphatic carbocycles. The second-order valence-corrected chi connectivity index (χ2v) is 7.40. The summed E-state index contributed by atoms with van der Waals surface area (Å²) in [6.07, 6.45) is 0.920. The summed E-state index contributed by atoms with van der Waals surface area (Å²) in [5, 5.41) is 3.37. The van der Waals surface area contributed by atoms with E-state index in [9.17, 15) is 4.79 Å². The summed E-state index contributed by atoms with van der Waals surface area (Å²) < 4.78 is 5.41. The number of fused-ring (bicyclic) bond motifs is 1. The van der Waals surface area contributed by atoms with Crippen molar-refractivity contribution >= 4 is 23.0 Å². The molecule has 0 radical (unpaired) electrons. The Morgan fingerprint density at radius 3 is 2.56 bits per heavy atom. The highest BCUT2D eigenvalue weighted by atomic mass is 16.5. The molecule has 2 aliphatic heterocycles. The number of hydrogen-bond donors (Lipinski definition) is 1. The summed E-state index contributed by atoms with van der Waals surface area (Å²) >= 11 is 0. The van der Waals surface area contributed by atoms with Crippen molar-refractivity contribution in [2.45, 2.75) is 32.4 Å². The normalized spacial score (nSPS) is 20.3. The predicted molar refractivity (Wildman–Crippen MR) is 110 cm³/mol. The van der Waals surface area contributed by atoms with E-state index in [1.807, 2.05) is 30.0 Å². The van der Waals surface area contributed by atoms with E-state index >= 15 is 0 Å². The van der Waals surface area contributed by atoms with Gasteiger partial charge < -0.3 is 19.9 Å². The number of nitrogens with zero attached hydrogens (tertiary/aromatic N) is 2. The Kier molecular flexibility index (Phi) is 5.03. The van der Waals surface area contributed by atoms with Gasteiger partial charge >= 0.3 is 0 Å². The molecule has 2 aliphatic rings. The average Bonchev–Trinajstić information content (AvgIpc) is 3.04. The van der Waals surface area contributed by atoms with Crippen molar-refractivity contribution in [2.24, 2.45) is 0 Å². The van der Waals surface area contributed by atoms with Gasteiger partial charge in [-0.2, -0.15) is 0 Å². The Morgan fingerprint density at radius 2 is 1.81 bits per heavy atom. The van der Waals surface area contributed by atoms with Gasteiger partial charge in [-0.25, -0.2) is 0 Å². The molecule has 0 spiro atoms. The molecule has 2 heterocycles. The Morgan fingerprint density at radius 1 is 1.11 bits per heavy atom. The minimum Gasteiger partial charge on any atom is -0.378 e. The van der Waals surface area contributed by atoms with Crippen LogP contribution in [-0.2, 0) is 16.0 Å². The van der Waals surface area contributed by atoms with E-state index in [1.54, 1.807) is 0 Å². The fraction of sp³-hybridized carbons (Fsp3) is 0.409. The molecule has 4 rings (SSSR count). The molecule has 2 aromatic carbocycles. The molecule has 0 bridgehead atoms. The molecule has 0 aromatic heterocycles. The van der Waals surface area contributed by atoms with Crippen molar-refractivity contribution < 1.29 is 9.53 Å². The smallest absolute Gasteiger partial charge is 0.249 e. The van der Waals surface area contributed by atoms with Gasteiger partial charge in [0.2, 0.25) is 5.91 Å². The summed E-state index contributed by atoms with van der Waals surface area (Å²) in [6.45, 7) is 7.46. The standard InChI is InChI=1S/C22H27N3O2/c1-16-15-18-5-3-4-6-21(18)25(16)22(26)17(2)23-19-7-9-20(10-8-19)24-11-13-27-14-12-24/h3-10,16-17,23H,11-15H2,1-2H3/t16-,17-/m0/s1. The van der Waals surface area contributed by atoms with Crippen molar-refractivity contribution in [3.63, 3.8) is 0 Å². The highest BCUT2D eigenvalue weighted by Crippen LogP contribution is 2.32.